The van der Waals surface area contributed by atoms with E-state index in [1.807, 2.05) is 36.9 Å². The molecular formula is C8H10N+. The SMILES string of the molecule is [CH]c1ccc[n+](C)c1C. The molecule has 0 fully saturated rings. The summed E-state index contributed by atoms with van der Waals surface area (Å²) in [6, 6.07) is 3.83. The van der Waals surface area contributed by atoms with Crippen molar-refractivity contribution in [2.75, 3.05) is 0 Å². The van der Waals surface area contributed by atoms with E-state index in [2.05, 4.69) is 0 Å². The van der Waals surface area contributed by atoms with E-state index >= 15 is 0 Å². The second-order valence-corrected chi connectivity index (χ2v) is 2.16. The van der Waals surface area contributed by atoms with Crippen molar-refractivity contribution in [1.82, 2.24) is 0 Å². The van der Waals surface area contributed by atoms with Crippen molar-refractivity contribution >= 4 is 0 Å². The Hall–Kier alpha value is -0.850. The molecule has 0 aliphatic heterocycles. The molecule has 9 heavy (non-hydrogen) atoms. The molecule has 0 aromatic carbocycles. The Morgan fingerprint density at radius 3 is 2.67 bits per heavy atom. The zero-order valence-corrected chi connectivity index (χ0v) is 5.76. The minimum Gasteiger partial charge on any atom is -0.205 e. The lowest BCUT2D eigenvalue weighted by Gasteiger charge is -1.93. The molecule has 0 saturated heterocycles. The topological polar surface area (TPSA) is 3.88 Å². The second kappa shape index (κ2) is 2.18. The van der Waals surface area contributed by atoms with Crippen LogP contribution >= 0.6 is 0 Å². The van der Waals surface area contributed by atoms with Gasteiger partial charge in [-0.25, -0.2) is 4.57 Å². The van der Waals surface area contributed by atoms with Crippen molar-refractivity contribution in [2.24, 2.45) is 7.05 Å². The van der Waals surface area contributed by atoms with Gasteiger partial charge >= 0.3 is 0 Å². The molecule has 0 aliphatic rings. The largest absolute Gasteiger partial charge is 0.205 e. The van der Waals surface area contributed by atoms with Crippen molar-refractivity contribution < 1.29 is 4.57 Å². The van der Waals surface area contributed by atoms with E-state index in [1.54, 1.807) is 0 Å². The van der Waals surface area contributed by atoms with Crippen LogP contribution in [0.2, 0.25) is 0 Å². The molecule has 0 amide bonds. The summed E-state index contributed by atoms with van der Waals surface area (Å²) in [7, 11) is 1.98. The Bertz CT molecular complexity index is 196. The van der Waals surface area contributed by atoms with Crippen molar-refractivity contribution in [3.8, 4) is 0 Å². The molecule has 0 unspecified atom stereocenters. The summed E-state index contributed by atoms with van der Waals surface area (Å²) in [5, 5.41) is 0. The first-order chi connectivity index (χ1) is 4.22. The van der Waals surface area contributed by atoms with Crippen molar-refractivity contribution in [2.45, 2.75) is 6.92 Å². The summed E-state index contributed by atoms with van der Waals surface area (Å²) < 4.78 is 2.00. The fourth-order valence-electron chi connectivity index (χ4n) is 0.712. The third-order valence-electron chi connectivity index (χ3n) is 1.53. The van der Waals surface area contributed by atoms with E-state index in [0.717, 1.165) is 11.3 Å². The van der Waals surface area contributed by atoms with Gasteiger partial charge in [-0.1, -0.05) is 0 Å². The Balaban J connectivity index is 3.25. The number of hydrogen-bond acceptors (Lipinski definition) is 0. The predicted molar refractivity (Wildman–Crippen MR) is 35.8 cm³/mol. The summed E-state index contributed by atoms with van der Waals surface area (Å²) in [5.74, 6) is 0. The molecule has 1 aromatic heterocycles. The van der Waals surface area contributed by atoms with Gasteiger partial charge in [-0.05, 0) is 6.07 Å². The Morgan fingerprint density at radius 2 is 2.22 bits per heavy atom. The molecule has 0 N–H and O–H groups in total. The van der Waals surface area contributed by atoms with Gasteiger partial charge < -0.3 is 0 Å². The highest BCUT2D eigenvalue weighted by Gasteiger charge is 2.00. The highest BCUT2D eigenvalue weighted by atomic mass is 14.9. The van der Waals surface area contributed by atoms with Crippen LogP contribution in [0, 0.1) is 13.8 Å². The van der Waals surface area contributed by atoms with Gasteiger partial charge in [-0.15, -0.1) is 0 Å². The lowest BCUT2D eigenvalue weighted by Crippen LogP contribution is -2.31. The van der Waals surface area contributed by atoms with Crippen molar-refractivity contribution in [1.29, 1.82) is 0 Å². The molecule has 1 nitrogen and oxygen atoms in total. The maximum Gasteiger partial charge on any atom is 0.181 e. The van der Waals surface area contributed by atoms with Gasteiger partial charge in [0.15, 0.2) is 11.9 Å². The molecular weight excluding hydrogens is 110 g/mol. The van der Waals surface area contributed by atoms with Crippen LogP contribution in [0.1, 0.15) is 11.3 Å². The molecule has 1 heteroatoms. The van der Waals surface area contributed by atoms with Gasteiger partial charge in [0.2, 0.25) is 0 Å². The zero-order chi connectivity index (χ0) is 6.85. The summed E-state index contributed by atoms with van der Waals surface area (Å²) >= 11 is 0. The number of aromatic nitrogens is 1. The molecule has 0 atom stereocenters. The van der Waals surface area contributed by atoms with Crippen LogP contribution in [0.25, 0.3) is 0 Å². The van der Waals surface area contributed by atoms with Crippen LogP contribution in [0.3, 0.4) is 0 Å². The van der Waals surface area contributed by atoms with Crippen LogP contribution in [-0.4, -0.2) is 0 Å². The number of aryl methyl sites for hydroxylation is 1. The van der Waals surface area contributed by atoms with Crippen LogP contribution in [-0.2, 0) is 7.05 Å². The second-order valence-electron chi connectivity index (χ2n) is 2.16. The fraction of sp³-hybridized carbons (Fsp3) is 0.250. The third kappa shape index (κ3) is 1.10. The van der Waals surface area contributed by atoms with Crippen molar-refractivity contribution in [3.05, 3.63) is 36.5 Å². The maximum atomic E-state index is 5.60. The van der Waals surface area contributed by atoms with E-state index in [4.69, 9.17) is 6.92 Å². The Kier molecular flexibility index (Phi) is 1.52. The average molecular weight is 120 g/mol. The predicted octanol–water partition coefficient (Wildman–Crippen LogP) is 0.879. The Labute approximate surface area is 56.0 Å². The molecule has 46 valence electrons. The lowest BCUT2D eigenvalue weighted by molar-refractivity contribution is -0.677. The van der Waals surface area contributed by atoms with Crippen molar-refractivity contribution in [3.63, 3.8) is 0 Å². The van der Waals surface area contributed by atoms with Gasteiger partial charge in [-0.3, -0.25) is 0 Å². The van der Waals surface area contributed by atoms with E-state index in [1.165, 1.54) is 0 Å². The summed E-state index contributed by atoms with van der Waals surface area (Å²) in [5.41, 5.74) is 1.96. The van der Waals surface area contributed by atoms with E-state index in [0.29, 0.717) is 0 Å². The number of hydrogen-bond donors (Lipinski definition) is 0. The number of pyridine rings is 1. The third-order valence-corrected chi connectivity index (χ3v) is 1.53. The fourth-order valence-corrected chi connectivity index (χ4v) is 0.712. The highest BCUT2D eigenvalue weighted by molar-refractivity contribution is 5.16. The van der Waals surface area contributed by atoms with Gasteiger partial charge in [0.05, 0.1) is 0 Å². The molecule has 0 aliphatic carbocycles. The van der Waals surface area contributed by atoms with Gasteiger partial charge in [0.25, 0.3) is 0 Å². The molecule has 1 aromatic rings. The van der Waals surface area contributed by atoms with Gasteiger partial charge in [0.1, 0.15) is 7.05 Å². The first kappa shape index (κ1) is 6.27. The standard InChI is InChI=1S/C8H10N/c1-7-5-4-6-9(3)8(7)2/h1,4-6H,2-3H3/q+1. The maximum absolute atomic E-state index is 5.60. The summed E-state index contributed by atoms with van der Waals surface area (Å²) in [4.78, 5) is 0. The quantitative estimate of drug-likeness (QED) is 0.447. The van der Waals surface area contributed by atoms with Crippen LogP contribution in [0.5, 0.6) is 0 Å². The summed E-state index contributed by atoms with van der Waals surface area (Å²) in [6.07, 6.45) is 1.98. The van der Waals surface area contributed by atoms with Crippen LogP contribution < -0.4 is 4.57 Å². The minimum absolute atomic E-state index is 0.847. The van der Waals surface area contributed by atoms with E-state index < -0.39 is 0 Å². The summed E-state index contributed by atoms with van der Waals surface area (Å²) in [6.45, 7) is 7.60. The smallest absolute Gasteiger partial charge is 0.181 e. The molecule has 0 bridgehead atoms. The van der Waals surface area contributed by atoms with E-state index in [-0.39, 0.29) is 0 Å². The lowest BCUT2D eigenvalue weighted by atomic mass is 10.2. The molecule has 1 rings (SSSR count). The monoisotopic (exact) mass is 120 g/mol. The normalized spacial score (nSPS) is 9.67. The zero-order valence-electron chi connectivity index (χ0n) is 5.76. The van der Waals surface area contributed by atoms with Crippen LogP contribution in [0.4, 0.5) is 0 Å². The first-order valence-corrected chi connectivity index (χ1v) is 2.92. The van der Waals surface area contributed by atoms with Gasteiger partial charge in [-0.2, -0.15) is 0 Å². The molecule has 1 heterocycles. The first-order valence-electron chi connectivity index (χ1n) is 2.92. The average Bonchev–Trinajstić information content (AvgIpc) is 1.83. The highest BCUT2D eigenvalue weighted by Crippen LogP contribution is 1.96. The Morgan fingerprint density at radius 1 is 1.56 bits per heavy atom. The molecule has 0 spiro atoms. The molecule has 2 radical (unpaired) electrons. The molecule has 0 saturated carbocycles. The number of rotatable bonds is 0. The van der Waals surface area contributed by atoms with Crippen LogP contribution in [0.15, 0.2) is 18.3 Å². The van der Waals surface area contributed by atoms with Gasteiger partial charge in [0, 0.05) is 25.5 Å². The van der Waals surface area contributed by atoms with E-state index in [9.17, 15) is 0 Å². The number of nitrogens with zero attached hydrogens (tertiary/aromatic N) is 1. The minimum atomic E-state index is 0.847.